The molecule has 0 saturated carbocycles. The number of hydrogen-bond acceptors (Lipinski definition) is 2. The predicted molar refractivity (Wildman–Crippen MR) is 68.5 cm³/mol. The van der Waals surface area contributed by atoms with Crippen LogP contribution in [0.1, 0.15) is 32.6 Å². The minimum Gasteiger partial charge on any atom is -0.450 e. The molecule has 0 saturated heterocycles. The van der Waals surface area contributed by atoms with Gasteiger partial charge in [-0.2, -0.15) is 0 Å². The van der Waals surface area contributed by atoms with Crippen molar-refractivity contribution in [2.75, 3.05) is 31.5 Å². The Labute approximate surface area is 108 Å². The van der Waals surface area contributed by atoms with Gasteiger partial charge in [-0.15, -0.1) is 23.2 Å². The summed E-state index contributed by atoms with van der Waals surface area (Å²) < 4.78 is 4.99. The summed E-state index contributed by atoms with van der Waals surface area (Å²) in [6, 6.07) is 0. The van der Waals surface area contributed by atoms with E-state index in [4.69, 9.17) is 27.9 Å². The summed E-state index contributed by atoms with van der Waals surface area (Å²) in [5.41, 5.74) is 0. The van der Waals surface area contributed by atoms with E-state index >= 15 is 0 Å². The first-order valence-electron chi connectivity index (χ1n) is 5.79. The molecule has 0 aliphatic heterocycles. The Balaban J connectivity index is 3.89. The van der Waals surface area contributed by atoms with E-state index in [0.29, 0.717) is 31.5 Å². The molecule has 1 amide bonds. The molecule has 0 spiro atoms. The van der Waals surface area contributed by atoms with Crippen LogP contribution in [0.2, 0.25) is 0 Å². The molecule has 0 N–H and O–H groups in total. The topological polar surface area (TPSA) is 29.5 Å². The number of carbonyl (C=O) groups excluding carboxylic acids is 1. The molecule has 0 aromatic rings. The van der Waals surface area contributed by atoms with E-state index in [9.17, 15) is 4.79 Å². The molecule has 0 rings (SSSR count). The smallest absolute Gasteiger partial charge is 0.409 e. The molecule has 3 nitrogen and oxygen atoms in total. The molecule has 0 atom stereocenters. The van der Waals surface area contributed by atoms with Gasteiger partial charge >= 0.3 is 6.09 Å². The molecular formula is C11H21Cl2NO2. The third-order valence-electron chi connectivity index (χ3n) is 2.15. The number of amides is 1. The van der Waals surface area contributed by atoms with Crippen LogP contribution in [-0.2, 0) is 4.74 Å². The highest BCUT2D eigenvalue weighted by Gasteiger charge is 2.12. The van der Waals surface area contributed by atoms with Gasteiger partial charge in [0, 0.05) is 24.8 Å². The Bertz CT molecular complexity index is 169. The van der Waals surface area contributed by atoms with Crippen LogP contribution >= 0.6 is 23.2 Å². The summed E-state index contributed by atoms with van der Waals surface area (Å²) in [5, 5.41) is 0. The van der Waals surface area contributed by atoms with Crippen molar-refractivity contribution in [2.24, 2.45) is 0 Å². The highest BCUT2D eigenvalue weighted by atomic mass is 35.5. The Kier molecular flexibility index (Phi) is 11.2. The summed E-state index contributed by atoms with van der Waals surface area (Å²) in [6.07, 6.45) is 3.46. The predicted octanol–water partition coefficient (Wildman–Crippen LogP) is 3.48. The van der Waals surface area contributed by atoms with Crippen LogP contribution in [0.25, 0.3) is 0 Å². The van der Waals surface area contributed by atoms with Gasteiger partial charge in [0.05, 0.1) is 6.61 Å². The van der Waals surface area contributed by atoms with Crippen molar-refractivity contribution in [3.05, 3.63) is 0 Å². The van der Waals surface area contributed by atoms with Gasteiger partial charge in [-0.3, -0.25) is 0 Å². The number of unbranched alkanes of at least 4 members (excludes halogenated alkanes) is 2. The fraction of sp³-hybridized carbons (Fsp3) is 0.909. The van der Waals surface area contributed by atoms with Gasteiger partial charge in [-0.1, -0.05) is 0 Å². The molecule has 0 aliphatic rings. The fourth-order valence-corrected chi connectivity index (χ4v) is 1.68. The van der Waals surface area contributed by atoms with E-state index in [1.165, 1.54) is 0 Å². The number of rotatable bonds is 9. The number of nitrogens with zero attached hydrogens (tertiary/aromatic N) is 1. The zero-order valence-electron chi connectivity index (χ0n) is 9.88. The molecule has 0 aliphatic carbocycles. The van der Waals surface area contributed by atoms with Crippen LogP contribution in [0.4, 0.5) is 4.79 Å². The second-order valence-corrected chi connectivity index (χ2v) is 4.23. The van der Waals surface area contributed by atoms with E-state index in [1.54, 1.807) is 4.90 Å². The van der Waals surface area contributed by atoms with Crippen LogP contribution < -0.4 is 0 Å². The summed E-state index contributed by atoms with van der Waals surface area (Å²) >= 11 is 11.2. The summed E-state index contributed by atoms with van der Waals surface area (Å²) in [4.78, 5) is 13.3. The van der Waals surface area contributed by atoms with Crippen LogP contribution in [0.15, 0.2) is 0 Å². The molecule has 0 bridgehead atoms. The first-order chi connectivity index (χ1) is 7.76. The number of ether oxygens (including phenoxy) is 1. The highest BCUT2D eigenvalue weighted by molar-refractivity contribution is 6.18. The van der Waals surface area contributed by atoms with Gasteiger partial charge in [0.15, 0.2) is 0 Å². The van der Waals surface area contributed by atoms with Gasteiger partial charge in [0.2, 0.25) is 0 Å². The molecule has 0 aromatic heterocycles. The molecule has 0 unspecified atom stereocenters. The summed E-state index contributed by atoms with van der Waals surface area (Å²) in [5.74, 6) is 1.27. The Morgan fingerprint density at radius 2 is 1.56 bits per heavy atom. The van der Waals surface area contributed by atoms with Crippen LogP contribution in [0.3, 0.4) is 0 Å². The maximum atomic E-state index is 11.6. The van der Waals surface area contributed by atoms with Gasteiger partial charge in [0.1, 0.15) is 0 Å². The molecule has 0 aromatic carbocycles. The van der Waals surface area contributed by atoms with Crippen molar-refractivity contribution in [1.82, 2.24) is 4.90 Å². The monoisotopic (exact) mass is 269 g/mol. The Morgan fingerprint density at radius 1 is 1.06 bits per heavy atom. The van der Waals surface area contributed by atoms with E-state index in [-0.39, 0.29) is 6.09 Å². The maximum Gasteiger partial charge on any atom is 0.409 e. The molecule has 0 fully saturated rings. The molecule has 0 radical (unpaired) electrons. The molecule has 5 heteroatoms. The van der Waals surface area contributed by atoms with Gasteiger partial charge in [-0.05, 0) is 32.6 Å². The number of carbonyl (C=O) groups is 1. The first-order valence-corrected chi connectivity index (χ1v) is 6.86. The van der Waals surface area contributed by atoms with Gasteiger partial charge in [-0.25, -0.2) is 4.79 Å². The van der Waals surface area contributed by atoms with E-state index in [0.717, 1.165) is 25.7 Å². The second kappa shape index (κ2) is 11.3. The average molecular weight is 270 g/mol. The number of halogens is 2. The van der Waals surface area contributed by atoms with E-state index in [1.807, 2.05) is 6.92 Å². The third-order valence-corrected chi connectivity index (χ3v) is 2.68. The minimum absolute atomic E-state index is 0.230. The van der Waals surface area contributed by atoms with Gasteiger partial charge < -0.3 is 9.64 Å². The Morgan fingerprint density at radius 3 is 1.94 bits per heavy atom. The third kappa shape index (κ3) is 8.05. The van der Waals surface area contributed by atoms with Crippen LogP contribution in [0, 0.1) is 0 Å². The summed E-state index contributed by atoms with van der Waals surface area (Å²) in [6.45, 7) is 3.66. The number of alkyl halides is 2. The van der Waals surface area contributed by atoms with Gasteiger partial charge in [0.25, 0.3) is 0 Å². The second-order valence-electron chi connectivity index (χ2n) is 3.48. The van der Waals surface area contributed by atoms with Crippen molar-refractivity contribution < 1.29 is 9.53 Å². The SMILES string of the molecule is CCOC(=O)N(CCCCCl)CCCCCl. The lowest BCUT2D eigenvalue weighted by Gasteiger charge is -2.21. The lowest BCUT2D eigenvalue weighted by atomic mass is 10.3. The number of hydrogen-bond donors (Lipinski definition) is 0. The lowest BCUT2D eigenvalue weighted by molar-refractivity contribution is 0.106. The first kappa shape index (κ1) is 15.9. The minimum atomic E-state index is -0.230. The zero-order chi connectivity index (χ0) is 12.2. The van der Waals surface area contributed by atoms with Crippen molar-refractivity contribution in [3.8, 4) is 0 Å². The Hall–Kier alpha value is -0.150. The molecular weight excluding hydrogens is 249 g/mol. The zero-order valence-corrected chi connectivity index (χ0v) is 11.4. The molecule has 16 heavy (non-hydrogen) atoms. The quantitative estimate of drug-likeness (QED) is 0.474. The van der Waals surface area contributed by atoms with Crippen molar-refractivity contribution >= 4 is 29.3 Å². The average Bonchev–Trinajstić information content (AvgIpc) is 2.28. The fourth-order valence-electron chi connectivity index (χ4n) is 1.30. The van der Waals surface area contributed by atoms with Crippen molar-refractivity contribution in [1.29, 1.82) is 0 Å². The lowest BCUT2D eigenvalue weighted by Crippen LogP contribution is -2.33. The molecule has 96 valence electrons. The van der Waals surface area contributed by atoms with Crippen LogP contribution in [0.5, 0.6) is 0 Å². The van der Waals surface area contributed by atoms with E-state index < -0.39 is 0 Å². The highest BCUT2D eigenvalue weighted by Crippen LogP contribution is 2.03. The van der Waals surface area contributed by atoms with E-state index in [2.05, 4.69) is 0 Å². The standard InChI is InChI=1S/C11H21Cl2NO2/c1-2-16-11(15)14(9-5-3-7-12)10-6-4-8-13/h2-10H2,1H3. The summed E-state index contributed by atoms with van der Waals surface area (Å²) in [7, 11) is 0. The largest absolute Gasteiger partial charge is 0.450 e. The van der Waals surface area contributed by atoms with Crippen LogP contribution in [-0.4, -0.2) is 42.4 Å². The van der Waals surface area contributed by atoms with Crippen molar-refractivity contribution in [2.45, 2.75) is 32.6 Å². The van der Waals surface area contributed by atoms with Crippen molar-refractivity contribution in [3.63, 3.8) is 0 Å². The maximum absolute atomic E-state index is 11.6. The molecule has 0 heterocycles. The normalized spacial score (nSPS) is 10.2.